The van der Waals surface area contributed by atoms with Crippen LogP contribution in [-0.4, -0.2) is 49.3 Å². The maximum Gasteiger partial charge on any atom is 0.472 e. The molecule has 10 heteroatoms. The molecule has 0 aliphatic rings. The van der Waals surface area contributed by atoms with Crippen molar-refractivity contribution in [3.8, 4) is 0 Å². The van der Waals surface area contributed by atoms with Crippen LogP contribution in [0.5, 0.6) is 0 Å². The highest BCUT2D eigenvalue weighted by molar-refractivity contribution is 7.47. The molecule has 0 saturated heterocycles. The minimum atomic E-state index is -4.39. The Morgan fingerprint density at radius 2 is 0.852 bits per heavy atom. The molecule has 0 heterocycles. The largest absolute Gasteiger partial charge is 0.472 e. The Bertz CT molecular complexity index is 1320. The molecule has 0 aliphatic heterocycles. The first-order valence-corrected chi connectivity index (χ1v) is 25.2. The predicted octanol–water partition coefficient (Wildman–Crippen LogP) is 14.2. The first kappa shape index (κ1) is 57.9. The number of ether oxygens (including phenoxy) is 2. The first-order chi connectivity index (χ1) is 29.8. The summed E-state index contributed by atoms with van der Waals surface area (Å²) < 4.78 is 32.8. The molecule has 0 bridgehead atoms. The molecule has 0 aromatic carbocycles. The van der Waals surface area contributed by atoms with Crippen molar-refractivity contribution in [2.75, 3.05) is 26.4 Å². The van der Waals surface area contributed by atoms with Crippen molar-refractivity contribution in [2.24, 2.45) is 5.73 Å². The summed E-state index contributed by atoms with van der Waals surface area (Å²) in [6, 6.07) is 0. The van der Waals surface area contributed by atoms with Crippen molar-refractivity contribution in [1.29, 1.82) is 0 Å². The number of phosphoric ester groups is 1. The molecule has 61 heavy (non-hydrogen) atoms. The van der Waals surface area contributed by atoms with Gasteiger partial charge in [-0.05, 0) is 89.9 Å². The third-order valence-electron chi connectivity index (χ3n) is 9.47. The van der Waals surface area contributed by atoms with Gasteiger partial charge in [0.2, 0.25) is 0 Å². The van der Waals surface area contributed by atoms with Crippen LogP contribution in [0.2, 0.25) is 0 Å². The lowest BCUT2D eigenvalue weighted by molar-refractivity contribution is -0.161. The highest BCUT2D eigenvalue weighted by Gasteiger charge is 2.26. The number of esters is 2. The van der Waals surface area contributed by atoms with E-state index in [-0.39, 0.29) is 32.6 Å². The van der Waals surface area contributed by atoms with Gasteiger partial charge in [-0.2, -0.15) is 0 Å². The molecule has 0 saturated carbocycles. The van der Waals surface area contributed by atoms with Gasteiger partial charge in [0, 0.05) is 19.4 Å². The van der Waals surface area contributed by atoms with Gasteiger partial charge in [0.05, 0.1) is 13.2 Å². The maximum atomic E-state index is 12.6. The lowest BCUT2D eigenvalue weighted by atomic mass is 10.1. The average molecular weight is 872 g/mol. The second-order valence-electron chi connectivity index (χ2n) is 15.2. The smallest absolute Gasteiger partial charge is 0.462 e. The number of carbonyl (C=O) groups is 2. The van der Waals surface area contributed by atoms with Crippen LogP contribution in [0.4, 0.5) is 0 Å². The Hall–Kier alpha value is -3.07. The summed E-state index contributed by atoms with van der Waals surface area (Å²) in [6.07, 6.45) is 60.1. The number of hydrogen-bond acceptors (Lipinski definition) is 8. The zero-order valence-corrected chi connectivity index (χ0v) is 39.3. The Labute approximate surface area is 372 Å². The molecule has 0 aliphatic carbocycles. The molecule has 0 spiro atoms. The highest BCUT2D eigenvalue weighted by Crippen LogP contribution is 2.43. The van der Waals surface area contributed by atoms with E-state index < -0.39 is 32.5 Å². The van der Waals surface area contributed by atoms with Gasteiger partial charge in [0.15, 0.2) is 6.10 Å². The SMILES string of the molecule is CC/C=C\C/C=C\C/C=C\C/C=C\C/C=C\CCCCCCCCCCCC(=O)OC(COC(=O)CCCCCCC/C=C\C/C=C\C/C=C\CC)COP(=O)(O)OCCN. The van der Waals surface area contributed by atoms with E-state index >= 15 is 0 Å². The van der Waals surface area contributed by atoms with Crippen LogP contribution in [0.25, 0.3) is 0 Å². The lowest BCUT2D eigenvalue weighted by Crippen LogP contribution is -2.29. The number of hydrogen-bond donors (Lipinski definition) is 2. The fourth-order valence-electron chi connectivity index (χ4n) is 6.03. The fourth-order valence-corrected chi connectivity index (χ4v) is 6.79. The van der Waals surface area contributed by atoms with Crippen LogP contribution in [0.15, 0.2) is 97.2 Å². The molecule has 0 amide bonds. The minimum absolute atomic E-state index is 0.0445. The van der Waals surface area contributed by atoms with Gasteiger partial charge in [-0.25, -0.2) is 4.57 Å². The molecule has 348 valence electrons. The van der Waals surface area contributed by atoms with E-state index in [0.29, 0.717) is 12.8 Å². The van der Waals surface area contributed by atoms with Gasteiger partial charge in [0.25, 0.3) is 0 Å². The molecule has 0 rings (SSSR count). The summed E-state index contributed by atoms with van der Waals surface area (Å²) in [5, 5.41) is 0. The lowest BCUT2D eigenvalue weighted by Gasteiger charge is -2.19. The van der Waals surface area contributed by atoms with Gasteiger partial charge in [-0.3, -0.25) is 18.6 Å². The first-order valence-electron chi connectivity index (χ1n) is 23.7. The quantitative estimate of drug-likeness (QED) is 0.0266. The van der Waals surface area contributed by atoms with Crippen LogP contribution >= 0.6 is 7.82 Å². The number of phosphoric acid groups is 1. The number of allylic oxidation sites excluding steroid dienone is 16. The maximum absolute atomic E-state index is 12.6. The topological polar surface area (TPSA) is 134 Å². The summed E-state index contributed by atoms with van der Waals surface area (Å²) in [5.74, 6) is -0.863. The van der Waals surface area contributed by atoms with Gasteiger partial charge < -0.3 is 20.1 Å². The van der Waals surface area contributed by atoms with E-state index in [1.165, 1.54) is 32.1 Å². The van der Waals surface area contributed by atoms with Gasteiger partial charge in [-0.15, -0.1) is 0 Å². The van der Waals surface area contributed by atoms with Crippen molar-refractivity contribution in [2.45, 2.75) is 187 Å². The molecular weight excluding hydrogens is 786 g/mol. The summed E-state index contributed by atoms with van der Waals surface area (Å²) in [7, 11) is -4.39. The molecule has 3 N–H and O–H groups in total. The summed E-state index contributed by atoms with van der Waals surface area (Å²) in [4.78, 5) is 35.0. The molecule has 9 nitrogen and oxygen atoms in total. The third kappa shape index (κ3) is 46.3. The number of carbonyl (C=O) groups excluding carboxylic acids is 2. The van der Waals surface area contributed by atoms with Crippen molar-refractivity contribution in [1.82, 2.24) is 0 Å². The van der Waals surface area contributed by atoms with Gasteiger partial charge in [0.1, 0.15) is 6.61 Å². The Balaban J connectivity index is 4.12. The zero-order valence-electron chi connectivity index (χ0n) is 38.4. The normalized spacial score (nSPS) is 14.1. The third-order valence-corrected chi connectivity index (χ3v) is 10.4. The number of nitrogens with two attached hydrogens (primary N) is 1. The summed E-state index contributed by atoms with van der Waals surface area (Å²) in [6.45, 7) is 3.47. The Morgan fingerprint density at radius 1 is 0.492 bits per heavy atom. The second-order valence-corrected chi connectivity index (χ2v) is 16.7. The zero-order chi connectivity index (χ0) is 44.6. The molecule has 0 aromatic heterocycles. The van der Waals surface area contributed by atoms with E-state index in [9.17, 15) is 19.0 Å². The molecule has 2 unspecified atom stereocenters. The molecular formula is C51H86NO8P. The van der Waals surface area contributed by atoms with E-state index in [0.717, 1.165) is 109 Å². The molecule has 0 aromatic rings. The van der Waals surface area contributed by atoms with E-state index in [4.69, 9.17) is 24.3 Å². The van der Waals surface area contributed by atoms with E-state index in [2.05, 4.69) is 111 Å². The second kappa shape index (κ2) is 46.4. The fraction of sp³-hybridized carbons (Fsp3) is 0.647. The Kier molecular flexibility index (Phi) is 44.1. The van der Waals surface area contributed by atoms with Crippen molar-refractivity contribution >= 4 is 19.8 Å². The molecule has 0 radical (unpaired) electrons. The van der Waals surface area contributed by atoms with Gasteiger partial charge >= 0.3 is 19.8 Å². The Morgan fingerprint density at radius 3 is 1.26 bits per heavy atom. The highest BCUT2D eigenvalue weighted by atomic mass is 31.2. The minimum Gasteiger partial charge on any atom is -0.462 e. The molecule has 0 fully saturated rings. The van der Waals surface area contributed by atoms with E-state index in [1.807, 2.05) is 0 Å². The monoisotopic (exact) mass is 872 g/mol. The van der Waals surface area contributed by atoms with E-state index in [1.54, 1.807) is 0 Å². The summed E-state index contributed by atoms with van der Waals surface area (Å²) >= 11 is 0. The van der Waals surface area contributed by atoms with Crippen LogP contribution < -0.4 is 5.73 Å². The standard InChI is InChI=1S/C51H86NO8P/c1-3-5-7-9-11-13-15-17-19-20-21-22-23-24-25-26-27-28-30-32-34-36-38-40-42-44-51(54)60-49(48-59-61(55,56)58-46-45-52)47-57-50(53)43-41-39-37-35-33-31-29-18-16-14-12-10-8-6-4-2/h5-8,11-14,17-19,21-22,24-25,29,49H,3-4,9-10,15-16,20,23,26-28,30-48,52H2,1-2H3,(H,55,56)/b7-5-,8-6-,13-11-,14-12-,19-17-,22-21-,25-24-,29-18-. The molecule has 2 atom stereocenters. The van der Waals surface area contributed by atoms with Crippen LogP contribution in [0, 0.1) is 0 Å². The van der Waals surface area contributed by atoms with Crippen LogP contribution in [-0.2, 0) is 32.7 Å². The van der Waals surface area contributed by atoms with Crippen LogP contribution in [0.1, 0.15) is 181 Å². The van der Waals surface area contributed by atoms with Crippen LogP contribution in [0.3, 0.4) is 0 Å². The number of rotatable bonds is 43. The van der Waals surface area contributed by atoms with Gasteiger partial charge in [-0.1, -0.05) is 175 Å². The van der Waals surface area contributed by atoms with Crippen molar-refractivity contribution in [3.05, 3.63) is 97.2 Å². The van der Waals surface area contributed by atoms with Crippen molar-refractivity contribution in [3.63, 3.8) is 0 Å². The summed E-state index contributed by atoms with van der Waals surface area (Å²) in [5.41, 5.74) is 5.36. The predicted molar refractivity (Wildman–Crippen MR) is 256 cm³/mol. The number of unbranched alkanes of at least 4 members (excludes halogenated alkanes) is 14. The average Bonchev–Trinajstić information content (AvgIpc) is 3.25. The van der Waals surface area contributed by atoms with Crippen molar-refractivity contribution < 1.29 is 37.6 Å².